The maximum atomic E-state index is 12.2. The minimum Gasteiger partial charge on any atom is -0.484 e. The smallest absolute Gasteiger partial charge is 0.262 e. The lowest BCUT2D eigenvalue weighted by molar-refractivity contribution is -0.118. The second kappa shape index (κ2) is 9.01. The van der Waals surface area contributed by atoms with Crippen molar-refractivity contribution in [2.75, 3.05) is 11.9 Å². The number of anilines is 1. The van der Waals surface area contributed by atoms with Gasteiger partial charge in [-0.1, -0.05) is 19.1 Å². The Labute approximate surface area is 161 Å². The first-order chi connectivity index (χ1) is 12.7. The summed E-state index contributed by atoms with van der Waals surface area (Å²) in [6.45, 7) is 7.48. The quantitative estimate of drug-likeness (QED) is 0.723. The first-order valence-corrected chi connectivity index (χ1v) is 10.3. The minimum atomic E-state index is -3.55. The highest BCUT2D eigenvalue weighted by atomic mass is 32.2. The number of amides is 1. The molecule has 6 nitrogen and oxygen atoms in total. The van der Waals surface area contributed by atoms with Crippen molar-refractivity contribution in [3.05, 3.63) is 53.6 Å². The molecule has 1 amide bonds. The van der Waals surface area contributed by atoms with Crippen LogP contribution in [0, 0.1) is 13.8 Å². The monoisotopic (exact) mass is 390 g/mol. The van der Waals surface area contributed by atoms with Crippen molar-refractivity contribution in [3.8, 4) is 5.75 Å². The van der Waals surface area contributed by atoms with E-state index in [9.17, 15) is 13.2 Å². The molecule has 0 aliphatic heterocycles. The van der Waals surface area contributed by atoms with Gasteiger partial charge in [-0.05, 0) is 68.7 Å². The fraction of sp³-hybridized carbons (Fsp3) is 0.350. The maximum Gasteiger partial charge on any atom is 0.262 e. The lowest BCUT2D eigenvalue weighted by Crippen LogP contribution is -2.31. The van der Waals surface area contributed by atoms with E-state index in [4.69, 9.17) is 4.74 Å². The van der Waals surface area contributed by atoms with Crippen molar-refractivity contribution in [2.24, 2.45) is 0 Å². The third-order valence-electron chi connectivity index (χ3n) is 4.35. The summed E-state index contributed by atoms with van der Waals surface area (Å²) >= 11 is 0. The van der Waals surface area contributed by atoms with E-state index in [1.54, 1.807) is 0 Å². The highest BCUT2D eigenvalue weighted by Gasteiger charge is 2.16. The molecule has 2 rings (SSSR count). The van der Waals surface area contributed by atoms with E-state index >= 15 is 0 Å². The molecular formula is C20H26N2O4S. The molecule has 0 aliphatic carbocycles. The van der Waals surface area contributed by atoms with Crippen LogP contribution in [0.15, 0.2) is 47.4 Å². The lowest BCUT2D eigenvalue weighted by Gasteiger charge is -2.13. The van der Waals surface area contributed by atoms with Gasteiger partial charge in [0.1, 0.15) is 5.75 Å². The summed E-state index contributed by atoms with van der Waals surface area (Å²) in [5, 5.41) is 2.82. The van der Waals surface area contributed by atoms with Crippen molar-refractivity contribution in [3.63, 3.8) is 0 Å². The summed E-state index contributed by atoms with van der Waals surface area (Å²) < 4.78 is 32.5. The van der Waals surface area contributed by atoms with E-state index in [1.807, 2.05) is 45.9 Å². The van der Waals surface area contributed by atoms with Crippen LogP contribution in [0.2, 0.25) is 0 Å². The van der Waals surface area contributed by atoms with Crippen LogP contribution in [0.1, 0.15) is 31.4 Å². The van der Waals surface area contributed by atoms with Crippen molar-refractivity contribution in [1.82, 2.24) is 4.72 Å². The first-order valence-electron chi connectivity index (χ1n) is 8.84. The Morgan fingerprint density at radius 3 is 2.41 bits per heavy atom. The number of aryl methyl sites for hydroxylation is 1. The number of carbonyl (C=O) groups is 1. The van der Waals surface area contributed by atoms with Gasteiger partial charge in [-0.15, -0.1) is 0 Å². The zero-order chi connectivity index (χ0) is 20.0. The van der Waals surface area contributed by atoms with Gasteiger partial charge in [0, 0.05) is 11.7 Å². The van der Waals surface area contributed by atoms with E-state index in [0.29, 0.717) is 12.2 Å². The molecule has 0 bridgehead atoms. The Kier molecular flexibility index (Phi) is 6.98. The topological polar surface area (TPSA) is 84.5 Å². The minimum absolute atomic E-state index is 0.139. The van der Waals surface area contributed by atoms with Crippen LogP contribution in [-0.2, 0) is 14.8 Å². The van der Waals surface area contributed by atoms with Gasteiger partial charge < -0.3 is 10.1 Å². The third kappa shape index (κ3) is 5.80. The van der Waals surface area contributed by atoms with Gasteiger partial charge in [-0.3, -0.25) is 4.79 Å². The van der Waals surface area contributed by atoms with Crippen LogP contribution in [0.5, 0.6) is 5.75 Å². The van der Waals surface area contributed by atoms with Crippen LogP contribution in [0.3, 0.4) is 0 Å². The highest BCUT2D eigenvalue weighted by Crippen LogP contribution is 2.19. The second-order valence-electron chi connectivity index (χ2n) is 6.49. The van der Waals surface area contributed by atoms with E-state index < -0.39 is 10.0 Å². The summed E-state index contributed by atoms with van der Waals surface area (Å²) in [6, 6.07) is 11.6. The standard InChI is InChI=1S/C20H26N2O4S/c1-5-15(3)22-27(24,25)18-11-9-17(10-12-18)26-13-20(23)21-19-8-6-7-14(2)16(19)4/h6-12,15,22H,5,13H2,1-4H3,(H,21,23)/t15-/m0/s1. The van der Waals surface area contributed by atoms with E-state index in [-0.39, 0.29) is 23.5 Å². The molecule has 2 aromatic carbocycles. The average molecular weight is 391 g/mol. The Morgan fingerprint density at radius 1 is 1.11 bits per heavy atom. The lowest BCUT2D eigenvalue weighted by atomic mass is 10.1. The van der Waals surface area contributed by atoms with Gasteiger partial charge in [-0.2, -0.15) is 0 Å². The molecular weight excluding hydrogens is 364 g/mol. The molecule has 2 aromatic rings. The zero-order valence-corrected chi connectivity index (χ0v) is 16.9. The SMILES string of the molecule is CC[C@H](C)NS(=O)(=O)c1ccc(OCC(=O)Nc2cccc(C)c2C)cc1. The van der Waals surface area contributed by atoms with Gasteiger partial charge in [0.25, 0.3) is 5.91 Å². The van der Waals surface area contributed by atoms with Gasteiger partial charge in [0.05, 0.1) is 4.90 Å². The number of rotatable bonds is 8. The summed E-state index contributed by atoms with van der Waals surface area (Å²) in [6.07, 6.45) is 0.704. The Morgan fingerprint density at radius 2 is 1.78 bits per heavy atom. The van der Waals surface area contributed by atoms with E-state index in [2.05, 4.69) is 10.0 Å². The largest absolute Gasteiger partial charge is 0.484 e. The third-order valence-corrected chi connectivity index (χ3v) is 5.96. The molecule has 27 heavy (non-hydrogen) atoms. The molecule has 0 heterocycles. The summed E-state index contributed by atoms with van der Waals surface area (Å²) in [4.78, 5) is 12.2. The summed E-state index contributed by atoms with van der Waals surface area (Å²) in [5.74, 6) is 0.146. The molecule has 0 saturated carbocycles. The number of carbonyl (C=O) groups excluding carboxylic acids is 1. The molecule has 0 saturated heterocycles. The number of hydrogen-bond donors (Lipinski definition) is 2. The number of benzene rings is 2. The zero-order valence-electron chi connectivity index (χ0n) is 16.1. The molecule has 146 valence electrons. The Balaban J connectivity index is 1.95. The number of sulfonamides is 1. The fourth-order valence-electron chi connectivity index (χ4n) is 2.35. The van der Waals surface area contributed by atoms with Crippen molar-refractivity contribution < 1.29 is 17.9 Å². The molecule has 0 aromatic heterocycles. The fourth-order valence-corrected chi connectivity index (χ4v) is 3.68. The maximum absolute atomic E-state index is 12.2. The Hall–Kier alpha value is -2.38. The Bertz CT molecular complexity index is 893. The van der Waals surface area contributed by atoms with Gasteiger partial charge in [0.2, 0.25) is 10.0 Å². The van der Waals surface area contributed by atoms with Crippen LogP contribution >= 0.6 is 0 Å². The first kappa shape index (κ1) is 20.9. The van der Waals surface area contributed by atoms with E-state index in [0.717, 1.165) is 16.8 Å². The van der Waals surface area contributed by atoms with Crippen molar-refractivity contribution in [1.29, 1.82) is 0 Å². The molecule has 0 radical (unpaired) electrons. The van der Waals surface area contributed by atoms with E-state index in [1.165, 1.54) is 24.3 Å². The van der Waals surface area contributed by atoms with Crippen molar-refractivity contribution >= 4 is 21.6 Å². The molecule has 0 unspecified atom stereocenters. The molecule has 0 fully saturated rings. The number of ether oxygens (including phenoxy) is 1. The molecule has 1 atom stereocenters. The van der Waals surface area contributed by atoms with Crippen LogP contribution in [-0.4, -0.2) is 27.0 Å². The molecule has 0 spiro atoms. The summed E-state index contributed by atoms with van der Waals surface area (Å²) in [5.41, 5.74) is 2.85. The molecule has 0 aliphatic rings. The van der Waals surface area contributed by atoms with Gasteiger partial charge in [0.15, 0.2) is 6.61 Å². The molecule has 7 heteroatoms. The predicted octanol–water partition coefficient (Wildman–Crippen LogP) is 3.40. The van der Waals surface area contributed by atoms with Crippen LogP contribution in [0.25, 0.3) is 0 Å². The number of hydrogen-bond acceptors (Lipinski definition) is 4. The van der Waals surface area contributed by atoms with Gasteiger partial charge in [-0.25, -0.2) is 13.1 Å². The average Bonchev–Trinajstić information content (AvgIpc) is 2.63. The van der Waals surface area contributed by atoms with Crippen LogP contribution < -0.4 is 14.8 Å². The molecule has 2 N–H and O–H groups in total. The van der Waals surface area contributed by atoms with Crippen LogP contribution in [0.4, 0.5) is 5.69 Å². The normalized spacial score (nSPS) is 12.4. The number of nitrogens with one attached hydrogen (secondary N) is 2. The predicted molar refractivity (Wildman–Crippen MR) is 107 cm³/mol. The highest BCUT2D eigenvalue weighted by molar-refractivity contribution is 7.89. The second-order valence-corrected chi connectivity index (χ2v) is 8.20. The summed E-state index contributed by atoms with van der Waals surface area (Å²) in [7, 11) is -3.55. The van der Waals surface area contributed by atoms with Gasteiger partial charge >= 0.3 is 0 Å². The van der Waals surface area contributed by atoms with Crippen molar-refractivity contribution in [2.45, 2.75) is 45.1 Å².